The van der Waals surface area contributed by atoms with Gasteiger partial charge in [0.15, 0.2) is 0 Å². The van der Waals surface area contributed by atoms with Gasteiger partial charge in [0, 0.05) is 6.42 Å². The summed E-state index contributed by atoms with van der Waals surface area (Å²) in [5, 5.41) is 8.07. The highest BCUT2D eigenvalue weighted by molar-refractivity contribution is 5.66. The first-order valence-electron chi connectivity index (χ1n) is 3.53. The number of hydrogen-bond donors (Lipinski definition) is 1. The van der Waals surface area contributed by atoms with Crippen molar-refractivity contribution in [2.45, 2.75) is 26.7 Å². The molecule has 0 bridgehead atoms. The third-order valence-electron chi connectivity index (χ3n) is 0.725. The summed E-state index contributed by atoms with van der Waals surface area (Å²) in [6, 6.07) is 0. The van der Waals surface area contributed by atoms with Crippen molar-refractivity contribution in [2.24, 2.45) is 4.99 Å². The number of carbonyl (C=O) groups is 1. The summed E-state index contributed by atoms with van der Waals surface area (Å²) in [4.78, 5) is 22.4. The van der Waals surface area contributed by atoms with E-state index in [2.05, 4.69) is 4.99 Å². The summed E-state index contributed by atoms with van der Waals surface area (Å²) in [6.45, 7) is 4.26. The minimum absolute atomic E-state index is 0.0607. The predicted molar refractivity (Wildman–Crippen MR) is 41.2 cm³/mol. The highest BCUT2D eigenvalue weighted by atomic mass is 16.4. The third kappa shape index (κ3) is 17.7. The number of isocyanates is 1. The molecule has 0 unspecified atom stereocenters. The van der Waals surface area contributed by atoms with Crippen molar-refractivity contribution in [3.8, 4) is 0 Å². The molecule has 1 N–H and O–H groups in total. The van der Waals surface area contributed by atoms with E-state index >= 15 is 0 Å². The second-order valence-electron chi connectivity index (χ2n) is 1.47. The second-order valence-corrected chi connectivity index (χ2v) is 1.47. The van der Waals surface area contributed by atoms with Crippen LogP contribution >= 0.6 is 0 Å². The van der Waals surface area contributed by atoms with Gasteiger partial charge in [-0.25, -0.2) is 9.79 Å². The van der Waals surface area contributed by atoms with Crippen LogP contribution in [0, 0.1) is 0 Å². The Labute approximate surface area is 65.9 Å². The molecular formula is C7H13NO3. The highest BCUT2D eigenvalue weighted by Gasteiger charge is 1.93. The summed E-state index contributed by atoms with van der Waals surface area (Å²) < 4.78 is 0. The van der Waals surface area contributed by atoms with Gasteiger partial charge in [0.2, 0.25) is 6.08 Å². The van der Waals surface area contributed by atoms with Gasteiger partial charge in [-0.2, -0.15) is 0 Å². The van der Waals surface area contributed by atoms with Gasteiger partial charge in [-0.05, 0) is 6.42 Å². The van der Waals surface area contributed by atoms with Gasteiger partial charge in [-0.3, -0.25) is 4.79 Å². The molecule has 0 aromatic heterocycles. The van der Waals surface area contributed by atoms with E-state index in [1.165, 1.54) is 6.08 Å². The quantitative estimate of drug-likeness (QED) is 0.381. The van der Waals surface area contributed by atoms with Gasteiger partial charge in [0.25, 0.3) is 0 Å². The van der Waals surface area contributed by atoms with Crippen molar-refractivity contribution in [3.05, 3.63) is 0 Å². The molecule has 0 amide bonds. The molecular weight excluding hydrogens is 146 g/mol. The summed E-state index contributed by atoms with van der Waals surface area (Å²) in [5.41, 5.74) is 0. The first-order chi connectivity index (χ1) is 5.27. The molecule has 0 saturated heterocycles. The van der Waals surface area contributed by atoms with Crippen LogP contribution in [-0.4, -0.2) is 23.7 Å². The zero-order valence-electron chi connectivity index (χ0n) is 6.83. The van der Waals surface area contributed by atoms with E-state index in [0.717, 1.165) is 0 Å². The Hall–Kier alpha value is -1.15. The SMILES string of the molecule is CC.O=C=NCCCC(=O)O. The molecule has 0 heterocycles. The molecule has 64 valence electrons. The lowest BCUT2D eigenvalue weighted by atomic mass is 10.3. The lowest BCUT2D eigenvalue weighted by Crippen LogP contribution is -1.94. The first kappa shape index (κ1) is 12.5. The van der Waals surface area contributed by atoms with Crippen LogP contribution < -0.4 is 0 Å². The van der Waals surface area contributed by atoms with E-state index in [0.29, 0.717) is 6.42 Å². The van der Waals surface area contributed by atoms with E-state index in [4.69, 9.17) is 5.11 Å². The average Bonchev–Trinajstić information content (AvgIpc) is 2.02. The molecule has 0 saturated carbocycles. The summed E-state index contributed by atoms with van der Waals surface area (Å²) in [6.07, 6.45) is 1.79. The molecule has 0 fully saturated rings. The van der Waals surface area contributed by atoms with Crippen molar-refractivity contribution in [1.29, 1.82) is 0 Å². The number of aliphatic imine (C=N–C) groups is 1. The van der Waals surface area contributed by atoms with E-state index in [-0.39, 0.29) is 13.0 Å². The fourth-order valence-corrected chi connectivity index (χ4v) is 0.355. The Balaban J connectivity index is 0. The maximum absolute atomic E-state index is 9.82. The molecule has 0 radical (unpaired) electrons. The lowest BCUT2D eigenvalue weighted by molar-refractivity contribution is -0.137. The highest BCUT2D eigenvalue weighted by Crippen LogP contribution is 1.87. The molecule has 0 atom stereocenters. The molecule has 0 aromatic carbocycles. The minimum Gasteiger partial charge on any atom is -0.481 e. The number of rotatable bonds is 4. The second kappa shape index (κ2) is 11.6. The zero-order valence-corrected chi connectivity index (χ0v) is 6.83. The number of carboxylic acids is 1. The normalized spacial score (nSPS) is 7.09. The van der Waals surface area contributed by atoms with Crippen molar-refractivity contribution < 1.29 is 14.7 Å². The van der Waals surface area contributed by atoms with Crippen LogP contribution in [0.15, 0.2) is 4.99 Å². The standard InChI is InChI=1S/C5H7NO3.C2H6/c7-4-6-3-1-2-5(8)9;1-2/h1-3H2,(H,8,9);1-2H3. The predicted octanol–water partition coefficient (Wildman–Crippen LogP) is 1.21. The number of carbonyl (C=O) groups excluding carboxylic acids is 1. The van der Waals surface area contributed by atoms with Crippen LogP contribution in [0.2, 0.25) is 0 Å². The number of nitrogens with zero attached hydrogens (tertiary/aromatic N) is 1. The van der Waals surface area contributed by atoms with E-state index in [1.54, 1.807) is 0 Å². The van der Waals surface area contributed by atoms with Crippen molar-refractivity contribution in [1.82, 2.24) is 0 Å². The molecule has 4 heteroatoms. The number of carboxylic acid groups (broad SMARTS) is 1. The zero-order chi connectivity index (χ0) is 9.11. The van der Waals surface area contributed by atoms with E-state index in [1.807, 2.05) is 13.8 Å². The Morgan fingerprint density at radius 1 is 1.55 bits per heavy atom. The number of aliphatic carboxylic acids is 1. The molecule has 0 aliphatic rings. The molecule has 4 nitrogen and oxygen atoms in total. The van der Waals surface area contributed by atoms with E-state index in [9.17, 15) is 9.59 Å². The van der Waals surface area contributed by atoms with Gasteiger partial charge >= 0.3 is 5.97 Å². The topological polar surface area (TPSA) is 66.7 Å². The summed E-state index contributed by atoms with van der Waals surface area (Å²) >= 11 is 0. The van der Waals surface area contributed by atoms with Crippen LogP contribution in [0.5, 0.6) is 0 Å². The lowest BCUT2D eigenvalue weighted by Gasteiger charge is -1.86. The van der Waals surface area contributed by atoms with E-state index < -0.39 is 5.97 Å². The van der Waals surface area contributed by atoms with Crippen molar-refractivity contribution in [2.75, 3.05) is 6.54 Å². The van der Waals surface area contributed by atoms with Crippen LogP contribution in [-0.2, 0) is 9.59 Å². The van der Waals surface area contributed by atoms with Gasteiger partial charge in [-0.1, -0.05) is 13.8 Å². The Morgan fingerprint density at radius 2 is 2.09 bits per heavy atom. The molecule has 0 rings (SSSR count). The number of hydrogen-bond acceptors (Lipinski definition) is 3. The first-order valence-corrected chi connectivity index (χ1v) is 3.53. The monoisotopic (exact) mass is 159 g/mol. The minimum atomic E-state index is -0.865. The van der Waals surface area contributed by atoms with Crippen LogP contribution in [0.1, 0.15) is 26.7 Å². The maximum Gasteiger partial charge on any atom is 0.303 e. The van der Waals surface area contributed by atoms with Gasteiger partial charge in [0.05, 0.1) is 6.54 Å². The fraction of sp³-hybridized carbons (Fsp3) is 0.714. The smallest absolute Gasteiger partial charge is 0.303 e. The largest absolute Gasteiger partial charge is 0.481 e. The van der Waals surface area contributed by atoms with Crippen LogP contribution in [0.25, 0.3) is 0 Å². The van der Waals surface area contributed by atoms with Crippen molar-refractivity contribution in [3.63, 3.8) is 0 Å². The average molecular weight is 159 g/mol. The molecule has 0 aliphatic carbocycles. The Morgan fingerprint density at radius 3 is 2.45 bits per heavy atom. The molecule has 0 aliphatic heterocycles. The molecule has 11 heavy (non-hydrogen) atoms. The molecule has 0 spiro atoms. The third-order valence-corrected chi connectivity index (χ3v) is 0.725. The maximum atomic E-state index is 9.82. The Bertz CT molecular complexity index is 137. The van der Waals surface area contributed by atoms with Gasteiger partial charge < -0.3 is 5.11 Å². The van der Waals surface area contributed by atoms with Crippen molar-refractivity contribution >= 4 is 12.0 Å². The molecule has 0 aromatic rings. The van der Waals surface area contributed by atoms with Gasteiger partial charge in [0.1, 0.15) is 0 Å². The Kier molecular flexibility index (Phi) is 13.2. The fourth-order valence-electron chi connectivity index (χ4n) is 0.355. The van der Waals surface area contributed by atoms with Crippen LogP contribution in [0.3, 0.4) is 0 Å². The van der Waals surface area contributed by atoms with Gasteiger partial charge in [-0.15, -0.1) is 0 Å². The van der Waals surface area contributed by atoms with Crippen LogP contribution in [0.4, 0.5) is 0 Å². The summed E-state index contributed by atoms with van der Waals surface area (Å²) in [5.74, 6) is -0.865. The summed E-state index contributed by atoms with van der Waals surface area (Å²) in [7, 11) is 0.